The molecule has 0 saturated heterocycles. The molecule has 0 aliphatic carbocycles. The van der Waals surface area contributed by atoms with Crippen LogP contribution in [0.3, 0.4) is 0 Å². The molecule has 0 heterocycles. The number of nitrogens with zero attached hydrogens (tertiary/aromatic N) is 2. The Labute approximate surface area is 90.3 Å². The fourth-order valence-corrected chi connectivity index (χ4v) is 1.97. The lowest BCUT2D eigenvalue weighted by atomic mass is 10.3. The molecule has 15 heavy (non-hydrogen) atoms. The van der Waals surface area contributed by atoms with E-state index in [0.717, 1.165) is 4.31 Å². The summed E-state index contributed by atoms with van der Waals surface area (Å²) in [5.41, 5.74) is 0.564. The molecule has 0 aliphatic heterocycles. The van der Waals surface area contributed by atoms with E-state index in [9.17, 15) is 8.42 Å². The Bertz CT molecular complexity index is 403. The van der Waals surface area contributed by atoms with Gasteiger partial charge in [0.25, 0.3) is 10.2 Å². The van der Waals surface area contributed by atoms with Crippen molar-refractivity contribution in [2.45, 2.75) is 0 Å². The van der Waals surface area contributed by atoms with Crippen LogP contribution >= 0.6 is 0 Å². The van der Waals surface area contributed by atoms with E-state index in [4.69, 9.17) is 5.14 Å². The highest BCUT2D eigenvalue weighted by atomic mass is 32.2. The third-order valence-corrected chi connectivity index (χ3v) is 2.70. The molecule has 1 aromatic carbocycles. The fraction of sp³-hybridized carbons (Fsp3) is 0.333. The summed E-state index contributed by atoms with van der Waals surface area (Å²) in [5, 5.41) is 5.13. The van der Waals surface area contributed by atoms with Crippen molar-refractivity contribution < 1.29 is 8.42 Å². The van der Waals surface area contributed by atoms with E-state index in [1.807, 2.05) is 6.07 Å². The fourth-order valence-electron chi connectivity index (χ4n) is 1.16. The van der Waals surface area contributed by atoms with Gasteiger partial charge in [-0.1, -0.05) is 18.2 Å². The van der Waals surface area contributed by atoms with Crippen LogP contribution in [0.5, 0.6) is 0 Å². The molecule has 6 heteroatoms. The predicted molar refractivity (Wildman–Crippen MR) is 60.6 cm³/mol. The molecule has 0 saturated carbocycles. The molecule has 84 valence electrons. The van der Waals surface area contributed by atoms with Gasteiger partial charge in [0.05, 0.1) is 12.4 Å². The smallest absolute Gasteiger partial charge is 0.291 e. The monoisotopic (exact) mass is 229 g/mol. The Morgan fingerprint density at radius 1 is 1.20 bits per heavy atom. The molecule has 0 radical (unpaired) electrons. The lowest BCUT2D eigenvalue weighted by Gasteiger charge is -2.24. The SMILES string of the molecule is CN(C)CN(c1ccccc1)S(N)(=O)=O. The molecule has 2 N–H and O–H groups in total. The van der Waals surface area contributed by atoms with Crippen molar-refractivity contribution in [1.29, 1.82) is 0 Å². The summed E-state index contributed by atoms with van der Waals surface area (Å²) in [7, 11) is -0.164. The summed E-state index contributed by atoms with van der Waals surface area (Å²) >= 11 is 0. The molecule has 5 nitrogen and oxygen atoms in total. The van der Waals surface area contributed by atoms with Crippen molar-refractivity contribution in [3.8, 4) is 0 Å². The van der Waals surface area contributed by atoms with E-state index in [0.29, 0.717) is 5.69 Å². The Morgan fingerprint density at radius 3 is 2.13 bits per heavy atom. The van der Waals surface area contributed by atoms with Crippen molar-refractivity contribution in [3.63, 3.8) is 0 Å². The van der Waals surface area contributed by atoms with Crippen molar-refractivity contribution in [2.24, 2.45) is 5.14 Å². The van der Waals surface area contributed by atoms with Gasteiger partial charge in [-0.25, -0.2) is 9.44 Å². The first-order chi connectivity index (χ1) is 6.91. The Morgan fingerprint density at radius 2 is 1.73 bits per heavy atom. The molecule has 1 rings (SSSR count). The lowest BCUT2D eigenvalue weighted by Crippen LogP contribution is -2.42. The summed E-state index contributed by atoms with van der Waals surface area (Å²) in [6, 6.07) is 8.76. The summed E-state index contributed by atoms with van der Waals surface area (Å²) in [6.45, 7) is 0.225. The topological polar surface area (TPSA) is 66.6 Å². The zero-order valence-electron chi connectivity index (χ0n) is 8.79. The molecule has 0 unspecified atom stereocenters. The van der Waals surface area contributed by atoms with E-state index in [1.54, 1.807) is 43.3 Å². The molecular weight excluding hydrogens is 214 g/mol. The number of para-hydroxylation sites is 1. The van der Waals surface area contributed by atoms with Crippen molar-refractivity contribution in [2.75, 3.05) is 25.1 Å². The van der Waals surface area contributed by atoms with E-state index < -0.39 is 10.2 Å². The summed E-state index contributed by atoms with van der Waals surface area (Å²) < 4.78 is 23.8. The van der Waals surface area contributed by atoms with Crippen LogP contribution in [0.25, 0.3) is 0 Å². The van der Waals surface area contributed by atoms with Gasteiger partial charge in [0.15, 0.2) is 0 Å². The zero-order chi connectivity index (χ0) is 11.5. The van der Waals surface area contributed by atoms with Crippen LogP contribution in [0.4, 0.5) is 5.69 Å². The highest BCUT2D eigenvalue weighted by Crippen LogP contribution is 2.15. The van der Waals surface area contributed by atoms with Crippen LogP contribution in [0.1, 0.15) is 0 Å². The van der Waals surface area contributed by atoms with Gasteiger partial charge in [0.1, 0.15) is 0 Å². The molecular formula is C9H15N3O2S. The number of hydrogen-bond acceptors (Lipinski definition) is 3. The van der Waals surface area contributed by atoms with Gasteiger partial charge in [-0.3, -0.25) is 4.90 Å². The maximum Gasteiger partial charge on any atom is 0.300 e. The van der Waals surface area contributed by atoms with Crippen LogP contribution in [0, 0.1) is 0 Å². The lowest BCUT2D eigenvalue weighted by molar-refractivity contribution is 0.421. The first-order valence-electron chi connectivity index (χ1n) is 4.41. The van der Waals surface area contributed by atoms with Gasteiger partial charge in [0, 0.05) is 0 Å². The quantitative estimate of drug-likeness (QED) is 0.751. The van der Waals surface area contributed by atoms with Crippen LogP contribution in [0.15, 0.2) is 30.3 Å². The van der Waals surface area contributed by atoms with Gasteiger partial charge in [-0.2, -0.15) is 8.42 Å². The molecule has 0 amide bonds. The second-order valence-corrected chi connectivity index (χ2v) is 4.92. The van der Waals surface area contributed by atoms with E-state index >= 15 is 0 Å². The second-order valence-electron chi connectivity index (χ2n) is 3.45. The third-order valence-electron chi connectivity index (χ3n) is 1.76. The van der Waals surface area contributed by atoms with E-state index in [2.05, 4.69) is 0 Å². The number of nitrogens with two attached hydrogens (primary N) is 1. The predicted octanol–water partition coefficient (Wildman–Crippen LogP) is 0.216. The molecule has 1 aromatic rings. The molecule has 0 fully saturated rings. The molecule has 0 aromatic heterocycles. The Kier molecular flexibility index (Phi) is 3.67. The normalized spacial score (nSPS) is 11.7. The van der Waals surface area contributed by atoms with Crippen LogP contribution < -0.4 is 9.44 Å². The van der Waals surface area contributed by atoms with Crippen molar-refractivity contribution in [1.82, 2.24) is 4.90 Å². The molecule has 0 aliphatic rings. The standard InChI is InChI=1S/C9H15N3O2S/c1-11(2)8-12(15(10,13)14)9-6-4-3-5-7-9/h3-7H,8H2,1-2H3,(H2,10,13,14). The average Bonchev–Trinajstić information content (AvgIpc) is 2.14. The maximum absolute atomic E-state index is 11.3. The van der Waals surface area contributed by atoms with Crippen LogP contribution in [0.2, 0.25) is 0 Å². The van der Waals surface area contributed by atoms with Gasteiger partial charge >= 0.3 is 0 Å². The van der Waals surface area contributed by atoms with Crippen molar-refractivity contribution >= 4 is 15.9 Å². The van der Waals surface area contributed by atoms with E-state index in [1.165, 1.54) is 0 Å². The van der Waals surface area contributed by atoms with Crippen LogP contribution in [-0.2, 0) is 10.2 Å². The second kappa shape index (κ2) is 4.61. The largest absolute Gasteiger partial charge is 0.300 e. The highest BCUT2D eigenvalue weighted by molar-refractivity contribution is 7.90. The van der Waals surface area contributed by atoms with Crippen LogP contribution in [-0.4, -0.2) is 34.1 Å². The molecule has 0 atom stereocenters. The first kappa shape index (κ1) is 12.0. The zero-order valence-corrected chi connectivity index (χ0v) is 9.61. The van der Waals surface area contributed by atoms with Crippen molar-refractivity contribution in [3.05, 3.63) is 30.3 Å². The number of anilines is 1. The molecule has 0 spiro atoms. The Hall–Kier alpha value is -1.11. The van der Waals surface area contributed by atoms with Gasteiger partial charge in [0.2, 0.25) is 0 Å². The average molecular weight is 229 g/mol. The minimum Gasteiger partial charge on any atom is -0.291 e. The van der Waals surface area contributed by atoms with Gasteiger partial charge in [-0.15, -0.1) is 0 Å². The minimum absolute atomic E-state index is 0.225. The first-order valence-corrected chi connectivity index (χ1v) is 5.92. The van der Waals surface area contributed by atoms with E-state index in [-0.39, 0.29) is 6.67 Å². The van der Waals surface area contributed by atoms with Gasteiger partial charge in [-0.05, 0) is 26.2 Å². The number of benzene rings is 1. The maximum atomic E-state index is 11.3. The number of hydrogen-bond donors (Lipinski definition) is 1. The summed E-state index contributed by atoms with van der Waals surface area (Å²) in [5.74, 6) is 0. The highest BCUT2D eigenvalue weighted by Gasteiger charge is 2.17. The summed E-state index contributed by atoms with van der Waals surface area (Å²) in [4.78, 5) is 1.73. The van der Waals surface area contributed by atoms with Gasteiger partial charge < -0.3 is 0 Å². The third kappa shape index (κ3) is 3.50. The number of rotatable bonds is 4. The minimum atomic E-state index is -3.72. The summed E-state index contributed by atoms with van der Waals surface area (Å²) in [6.07, 6.45) is 0. The Balaban J connectivity index is 3.03. The molecule has 0 bridgehead atoms.